The van der Waals surface area contributed by atoms with E-state index in [1.165, 1.54) is 11.3 Å². The number of nitrogens with one attached hydrogen (secondary N) is 2. The lowest BCUT2D eigenvalue weighted by atomic mass is 9.87. The summed E-state index contributed by atoms with van der Waals surface area (Å²) in [6.07, 6.45) is 0.491. The lowest BCUT2D eigenvalue weighted by Gasteiger charge is -2.25. The van der Waals surface area contributed by atoms with E-state index in [0.717, 1.165) is 5.69 Å². The summed E-state index contributed by atoms with van der Waals surface area (Å²) in [6.45, 7) is 7.86. The zero-order valence-corrected chi connectivity index (χ0v) is 13.0. The Labute approximate surface area is 122 Å². The van der Waals surface area contributed by atoms with E-state index in [1.807, 2.05) is 33.1 Å². The number of hydrogen-bond acceptors (Lipinski definition) is 4. The average molecular weight is 299 g/mol. The fourth-order valence-corrected chi connectivity index (χ4v) is 2.54. The Morgan fingerprint density at radius 3 is 2.55 bits per heavy atom. The number of rotatable bonds is 5. The molecule has 0 spiro atoms. The van der Waals surface area contributed by atoms with Crippen molar-refractivity contribution in [2.24, 2.45) is 5.41 Å². The highest BCUT2D eigenvalue weighted by atomic mass is 32.1. The van der Waals surface area contributed by atoms with Crippen LogP contribution in [0.5, 0.6) is 0 Å². The number of anilines is 1. The molecule has 3 N–H and O–H groups in total. The van der Waals surface area contributed by atoms with Crippen molar-refractivity contribution < 1.29 is 14.7 Å². The number of carboxylic acid groups (broad SMARTS) is 1. The molecule has 1 rings (SSSR count). The summed E-state index contributed by atoms with van der Waals surface area (Å²) < 4.78 is 0. The molecule has 0 aliphatic heterocycles. The van der Waals surface area contributed by atoms with E-state index in [0.29, 0.717) is 11.6 Å². The molecule has 1 atom stereocenters. The highest BCUT2D eigenvalue weighted by Gasteiger charge is 2.23. The summed E-state index contributed by atoms with van der Waals surface area (Å²) in [5.74, 6) is -0.926. The van der Waals surface area contributed by atoms with Crippen molar-refractivity contribution in [3.05, 3.63) is 11.1 Å². The third kappa shape index (κ3) is 6.51. The summed E-state index contributed by atoms with van der Waals surface area (Å²) in [6, 6.07) is -0.830. The minimum absolute atomic E-state index is 0.0643. The smallest absolute Gasteiger partial charge is 0.321 e. The molecule has 0 aliphatic carbocycles. The lowest BCUT2D eigenvalue weighted by Crippen LogP contribution is -2.41. The largest absolute Gasteiger partial charge is 0.481 e. The first-order chi connectivity index (χ1) is 9.15. The fraction of sp³-hybridized carbons (Fsp3) is 0.615. The molecule has 0 fully saturated rings. The van der Waals surface area contributed by atoms with Crippen molar-refractivity contribution in [3.63, 3.8) is 0 Å². The maximum Gasteiger partial charge on any atom is 0.321 e. The number of amides is 2. The number of hydrogen-bond donors (Lipinski definition) is 3. The van der Waals surface area contributed by atoms with Gasteiger partial charge in [0.05, 0.1) is 12.1 Å². The van der Waals surface area contributed by atoms with Crippen LogP contribution >= 0.6 is 11.3 Å². The number of urea groups is 1. The summed E-state index contributed by atoms with van der Waals surface area (Å²) in [5.41, 5.74) is 0.771. The highest BCUT2D eigenvalue weighted by Crippen LogP contribution is 2.22. The van der Waals surface area contributed by atoms with Crippen molar-refractivity contribution >= 4 is 28.5 Å². The fourth-order valence-electron chi connectivity index (χ4n) is 1.85. The maximum absolute atomic E-state index is 11.9. The van der Waals surface area contributed by atoms with Gasteiger partial charge in [-0.1, -0.05) is 20.8 Å². The van der Waals surface area contributed by atoms with E-state index in [1.54, 1.807) is 0 Å². The quantitative estimate of drug-likeness (QED) is 0.779. The number of carboxylic acids is 1. The van der Waals surface area contributed by atoms with Gasteiger partial charge in [0.1, 0.15) is 0 Å². The van der Waals surface area contributed by atoms with Gasteiger partial charge < -0.3 is 10.4 Å². The number of aryl methyl sites for hydroxylation is 1. The minimum Gasteiger partial charge on any atom is -0.481 e. The van der Waals surface area contributed by atoms with Crippen molar-refractivity contribution in [3.8, 4) is 0 Å². The third-order valence-electron chi connectivity index (χ3n) is 2.45. The number of carbonyl (C=O) groups is 2. The highest BCUT2D eigenvalue weighted by molar-refractivity contribution is 7.13. The molecule has 0 aliphatic rings. The number of carbonyl (C=O) groups excluding carboxylic acids is 1. The Hall–Kier alpha value is -1.63. The van der Waals surface area contributed by atoms with Gasteiger partial charge in [-0.15, -0.1) is 11.3 Å². The van der Waals surface area contributed by atoms with Gasteiger partial charge in [-0.2, -0.15) is 0 Å². The Bertz CT molecular complexity index is 479. The molecule has 20 heavy (non-hydrogen) atoms. The zero-order chi connectivity index (χ0) is 15.3. The molecule has 0 bridgehead atoms. The molecule has 7 heteroatoms. The summed E-state index contributed by atoms with van der Waals surface area (Å²) >= 11 is 1.33. The van der Waals surface area contributed by atoms with Crippen LogP contribution in [-0.4, -0.2) is 28.1 Å². The van der Waals surface area contributed by atoms with Crippen LogP contribution in [0.1, 0.15) is 39.3 Å². The standard InChI is InChI=1S/C13H21N3O3S/c1-8-7-20-12(14-8)16-11(19)15-9(5-10(17)18)6-13(2,3)4/h7,9H,5-6H2,1-4H3,(H,17,18)(H2,14,15,16,19). The van der Waals surface area contributed by atoms with Crippen LogP contribution in [0.3, 0.4) is 0 Å². The van der Waals surface area contributed by atoms with Gasteiger partial charge in [0.2, 0.25) is 0 Å². The zero-order valence-electron chi connectivity index (χ0n) is 12.2. The first kappa shape index (κ1) is 16.4. The van der Waals surface area contributed by atoms with Crippen molar-refractivity contribution in [1.29, 1.82) is 0 Å². The molecular weight excluding hydrogens is 278 g/mol. The van der Waals surface area contributed by atoms with Gasteiger partial charge in [-0.3, -0.25) is 10.1 Å². The minimum atomic E-state index is -0.926. The molecule has 0 saturated carbocycles. The molecular formula is C13H21N3O3S. The Kier molecular flexibility index (Phi) is 5.50. The molecule has 1 unspecified atom stereocenters. The Morgan fingerprint density at radius 2 is 2.10 bits per heavy atom. The van der Waals surface area contributed by atoms with Crippen molar-refractivity contribution in [2.45, 2.75) is 46.6 Å². The summed E-state index contributed by atoms with van der Waals surface area (Å²) in [4.78, 5) is 26.8. The van der Waals surface area contributed by atoms with Crippen molar-refractivity contribution in [1.82, 2.24) is 10.3 Å². The predicted molar refractivity (Wildman–Crippen MR) is 79.1 cm³/mol. The van der Waals surface area contributed by atoms with Crippen LogP contribution in [0.15, 0.2) is 5.38 Å². The Morgan fingerprint density at radius 1 is 1.45 bits per heavy atom. The molecule has 0 radical (unpaired) electrons. The number of thiazole rings is 1. The molecule has 1 aromatic rings. The van der Waals surface area contributed by atoms with Crippen LogP contribution in [0.4, 0.5) is 9.93 Å². The number of nitrogens with zero attached hydrogens (tertiary/aromatic N) is 1. The molecule has 1 aromatic heterocycles. The van der Waals surface area contributed by atoms with Crippen LogP contribution in [0.25, 0.3) is 0 Å². The van der Waals surface area contributed by atoms with E-state index < -0.39 is 18.0 Å². The first-order valence-corrected chi connectivity index (χ1v) is 7.25. The molecule has 0 saturated heterocycles. The molecule has 1 heterocycles. The van der Waals surface area contributed by atoms with Crippen LogP contribution in [0.2, 0.25) is 0 Å². The molecule has 2 amide bonds. The summed E-state index contributed by atoms with van der Waals surface area (Å²) in [7, 11) is 0. The van der Waals surface area contributed by atoms with Gasteiger partial charge in [-0.25, -0.2) is 9.78 Å². The first-order valence-electron chi connectivity index (χ1n) is 6.37. The second-order valence-corrected chi connectivity index (χ2v) is 6.81. The van der Waals surface area contributed by atoms with E-state index in [9.17, 15) is 9.59 Å². The van der Waals surface area contributed by atoms with E-state index in [2.05, 4.69) is 15.6 Å². The van der Waals surface area contributed by atoms with Gasteiger partial charge in [-0.05, 0) is 18.8 Å². The second-order valence-electron chi connectivity index (χ2n) is 5.95. The number of aliphatic carboxylic acids is 1. The summed E-state index contributed by atoms with van der Waals surface area (Å²) in [5, 5.41) is 16.6. The van der Waals surface area contributed by atoms with Gasteiger partial charge >= 0.3 is 12.0 Å². The Balaban J connectivity index is 2.59. The van der Waals surface area contributed by atoms with E-state index in [4.69, 9.17) is 5.11 Å². The van der Waals surface area contributed by atoms with E-state index in [-0.39, 0.29) is 11.8 Å². The van der Waals surface area contributed by atoms with Crippen LogP contribution in [0, 0.1) is 12.3 Å². The van der Waals surface area contributed by atoms with Crippen LogP contribution in [-0.2, 0) is 4.79 Å². The maximum atomic E-state index is 11.9. The molecule has 112 valence electrons. The number of aromatic nitrogens is 1. The third-order valence-corrected chi connectivity index (χ3v) is 3.33. The van der Waals surface area contributed by atoms with Crippen molar-refractivity contribution in [2.75, 3.05) is 5.32 Å². The lowest BCUT2D eigenvalue weighted by molar-refractivity contribution is -0.137. The van der Waals surface area contributed by atoms with Crippen LogP contribution < -0.4 is 10.6 Å². The predicted octanol–water partition coefficient (Wildman–Crippen LogP) is 2.85. The average Bonchev–Trinajstić information content (AvgIpc) is 2.59. The molecule has 6 nitrogen and oxygen atoms in total. The van der Waals surface area contributed by atoms with Gasteiger partial charge in [0.25, 0.3) is 0 Å². The second kappa shape index (κ2) is 6.69. The molecule has 0 aromatic carbocycles. The normalized spacial score (nSPS) is 12.8. The topological polar surface area (TPSA) is 91.3 Å². The van der Waals surface area contributed by atoms with Gasteiger partial charge in [0.15, 0.2) is 5.13 Å². The monoisotopic (exact) mass is 299 g/mol. The SMILES string of the molecule is Cc1csc(NC(=O)NC(CC(=O)O)CC(C)(C)C)n1. The van der Waals surface area contributed by atoms with E-state index >= 15 is 0 Å². The van der Waals surface area contributed by atoms with Gasteiger partial charge in [0, 0.05) is 11.4 Å².